The quantitative estimate of drug-likeness (QED) is 0.801. The summed E-state index contributed by atoms with van der Waals surface area (Å²) in [6.45, 7) is 3.60. The molecule has 1 aromatic rings. The van der Waals surface area contributed by atoms with Gasteiger partial charge in [0.05, 0.1) is 12.6 Å². The topological polar surface area (TPSA) is 53.4 Å². The Morgan fingerprint density at radius 1 is 1.67 bits per heavy atom. The average Bonchev–Trinajstić information content (AvgIpc) is 2.26. The molecule has 1 N–H and O–H groups in total. The molecule has 0 aliphatic carbocycles. The molecule has 82 valence electrons. The zero-order valence-electron chi connectivity index (χ0n) is 9.27. The van der Waals surface area contributed by atoms with E-state index in [9.17, 15) is 4.79 Å². The first-order valence-corrected chi connectivity index (χ1v) is 4.87. The van der Waals surface area contributed by atoms with Gasteiger partial charge in [-0.25, -0.2) is 0 Å². The van der Waals surface area contributed by atoms with Gasteiger partial charge in [0.25, 0.3) is 5.91 Å². The lowest BCUT2D eigenvalue weighted by molar-refractivity contribution is 0.0682. The zero-order valence-corrected chi connectivity index (χ0v) is 9.27. The number of aliphatic hydroxyl groups is 1. The second kappa shape index (κ2) is 4.89. The molecule has 1 atom stereocenters. The Morgan fingerprint density at radius 2 is 2.33 bits per heavy atom. The number of carbonyl (C=O) groups is 1. The Balaban J connectivity index is 2.85. The van der Waals surface area contributed by atoms with Crippen LogP contribution in [0.1, 0.15) is 23.0 Å². The van der Waals surface area contributed by atoms with Gasteiger partial charge in [-0.1, -0.05) is 0 Å². The predicted octanol–water partition coefficient (Wildman–Crippen LogP) is 0.843. The van der Waals surface area contributed by atoms with Crippen LogP contribution in [0.15, 0.2) is 18.3 Å². The van der Waals surface area contributed by atoms with Crippen molar-refractivity contribution in [3.63, 3.8) is 0 Å². The molecule has 1 heterocycles. The maximum atomic E-state index is 11.9. The fourth-order valence-corrected chi connectivity index (χ4v) is 1.20. The monoisotopic (exact) mass is 208 g/mol. The maximum absolute atomic E-state index is 11.9. The number of aryl methyl sites for hydroxylation is 1. The van der Waals surface area contributed by atoms with Gasteiger partial charge in [-0.2, -0.15) is 0 Å². The molecule has 0 saturated heterocycles. The highest BCUT2D eigenvalue weighted by Crippen LogP contribution is 2.06. The molecule has 0 bridgehead atoms. The Morgan fingerprint density at radius 3 is 2.87 bits per heavy atom. The largest absolute Gasteiger partial charge is 0.394 e. The highest BCUT2D eigenvalue weighted by atomic mass is 16.3. The van der Waals surface area contributed by atoms with Gasteiger partial charge in [0, 0.05) is 24.5 Å². The van der Waals surface area contributed by atoms with Crippen molar-refractivity contribution in [3.05, 3.63) is 29.6 Å². The van der Waals surface area contributed by atoms with Gasteiger partial charge in [0.2, 0.25) is 0 Å². The fraction of sp³-hybridized carbons (Fsp3) is 0.455. The third kappa shape index (κ3) is 2.76. The minimum atomic E-state index is -0.175. The number of carbonyl (C=O) groups excluding carboxylic acids is 1. The van der Waals surface area contributed by atoms with Crippen molar-refractivity contribution in [2.75, 3.05) is 13.7 Å². The number of aliphatic hydroxyl groups excluding tert-OH is 1. The van der Waals surface area contributed by atoms with Gasteiger partial charge in [-0.15, -0.1) is 0 Å². The average molecular weight is 208 g/mol. The van der Waals surface area contributed by atoms with Gasteiger partial charge < -0.3 is 10.0 Å². The molecule has 1 amide bonds. The molecule has 0 spiro atoms. The Labute approximate surface area is 89.6 Å². The van der Waals surface area contributed by atoms with E-state index >= 15 is 0 Å². The van der Waals surface area contributed by atoms with Gasteiger partial charge in [0.1, 0.15) is 0 Å². The van der Waals surface area contributed by atoms with Crippen molar-refractivity contribution in [1.29, 1.82) is 0 Å². The standard InChI is InChI=1S/C11H16N2O2/c1-8-6-10(4-5-12-8)11(15)13(3)9(2)7-14/h4-6,9,14H,7H2,1-3H3. The molecule has 0 aromatic carbocycles. The molecular weight excluding hydrogens is 192 g/mol. The predicted molar refractivity (Wildman–Crippen MR) is 57.6 cm³/mol. The van der Waals surface area contributed by atoms with E-state index in [0.29, 0.717) is 5.56 Å². The third-order valence-electron chi connectivity index (χ3n) is 2.39. The number of pyridine rings is 1. The van der Waals surface area contributed by atoms with Crippen LogP contribution < -0.4 is 0 Å². The van der Waals surface area contributed by atoms with E-state index in [1.807, 2.05) is 6.92 Å². The van der Waals surface area contributed by atoms with Crippen molar-refractivity contribution in [2.45, 2.75) is 19.9 Å². The molecule has 1 rings (SSSR count). The summed E-state index contributed by atoms with van der Waals surface area (Å²) in [5.41, 5.74) is 1.41. The molecule has 0 aliphatic rings. The smallest absolute Gasteiger partial charge is 0.254 e. The lowest BCUT2D eigenvalue weighted by atomic mass is 10.2. The SMILES string of the molecule is Cc1cc(C(=O)N(C)C(C)CO)ccn1. The molecule has 1 aromatic heterocycles. The first-order valence-electron chi connectivity index (χ1n) is 4.87. The van der Waals surface area contributed by atoms with E-state index in [4.69, 9.17) is 5.11 Å². The molecule has 0 radical (unpaired) electrons. The summed E-state index contributed by atoms with van der Waals surface area (Å²) < 4.78 is 0. The van der Waals surface area contributed by atoms with Crippen molar-refractivity contribution in [2.24, 2.45) is 0 Å². The van der Waals surface area contributed by atoms with Crippen LogP contribution >= 0.6 is 0 Å². The number of rotatable bonds is 3. The van der Waals surface area contributed by atoms with E-state index in [1.165, 1.54) is 4.90 Å². The highest BCUT2D eigenvalue weighted by molar-refractivity contribution is 5.94. The molecular formula is C11H16N2O2. The normalized spacial score (nSPS) is 12.3. The van der Waals surface area contributed by atoms with Crippen molar-refractivity contribution in [3.8, 4) is 0 Å². The highest BCUT2D eigenvalue weighted by Gasteiger charge is 2.16. The number of likely N-dealkylation sites (N-methyl/N-ethyl adjacent to an activating group) is 1. The van der Waals surface area contributed by atoms with Gasteiger partial charge >= 0.3 is 0 Å². The van der Waals surface area contributed by atoms with Crippen LogP contribution in [-0.4, -0.2) is 40.6 Å². The van der Waals surface area contributed by atoms with E-state index < -0.39 is 0 Å². The Hall–Kier alpha value is -1.42. The van der Waals surface area contributed by atoms with Crippen LogP contribution in [0.4, 0.5) is 0 Å². The second-order valence-electron chi connectivity index (χ2n) is 3.63. The van der Waals surface area contributed by atoms with Crippen molar-refractivity contribution < 1.29 is 9.90 Å². The Bertz CT molecular complexity index is 352. The van der Waals surface area contributed by atoms with E-state index in [0.717, 1.165) is 5.69 Å². The van der Waals surface area contributed by atoms with E-state index in [2.05, 4.69) is 4.98 Å². The molecule has 4 nitrogen and oxygen atoms in total. The number of nitrogens with zero attached hydrogens (tertiary/aromatic N) is 2. The van der Waals surface area contributed by atoms with Crippen LogP contribution in [0.3, 0.4) is 0 Å². The number of amides is 1. The summed E-state index contributed by atoms with van der Waals surface area (Å²) in [7, 11) is 1.68. The lowest BCUT2D eigenvalue weighted by Crippen LogP contribution is -2.37. The molecule has 4 heteroatoms. The van der Waals surface area contributed by atoms with Crippen LogP contribution in [-0.2, 0) is 0 Å². The van der Waals surface area contributed by atoms with Gasteiger partial charge in [-0.3, -0.25) is 9.78 Å². The fourth-order valence-electron chi connectivity index (χ4n) is 1.20. The number of hydrogen-bond acceptors (Lipinski definition) is 3. The third-order valence-corrected chi connectivity index (χ3v) is 2.39. The summed E-state index contributed by atoms with van der Waals surface area (Å²) in [4.78, 5) is 17.4. The molecule has 0 aliphatic heterocycles. The van der Waals surface area contributed by atoms with Crippen LogP contribution in [0.5, 0.6) is 0 Å². The Kier molecular flexibility index (Phi) is 3.80. The van der Waals surface area contributed by atoms with Gasteiger partial charge in [-0.05, 0) is 26.0 Å². The number of aromatic nitrogens is 1. The van der Waals surface area contributed by atoms with E-state index in [1.54, 1.807) is 32.3 Å². The first-order chi connectivity index (χ1) is 7.06. The van der Waals surface area contributed by atoms with Gasteiger partial charge in [0.15, 0.2) is 0 Å². The molecule has 1 unspecified atom stereocenters. The summed E-state index contributed by atoms with van der Waals surface area (Å²) in [5.74, 6) is -0.0953. The number of hydrogen-bond donors (Lipinski definition) is 1. The van der Waals surface area contributed by atoms with Crippen LogP contribution in [0.2, 0.25) is 0 Å². The van der Waals surface area contributed by atoms with Crippen molar-refractivity contribution >= 4 is 5.91 Å². The van der Waals surface area contributed by atoms with Crippen molar-refractivity contribution in [1.82, 2.24) is 9.88 Å². The first kappa shape index (κ1) is 11.7. The minimum Gasteiger partial charge on any atom is -0.394 e. The zero-order chi connectivity index (χ0) is 11.4. The minimum absolute atomic E-state index is 0.0354. The van der Waals surface area contributed by atoms with Crippen LogP contribution in [0.25, 0.3) is 0 Å². The summed E-state index contributed by atoms with van der Waals surface area (Å²) in [6, 6.07) is 3.24. The molecule has 0 fully saturated rings. The summed E-state index contributed by atoms with van der Waals surface area (Å²) >= 11 is 0. The second-order valence-corrected chi connectivity index (χ2v) is 3.63. The molecule has 15 heavy (non-hydrogen) atoms. The lowest BCUT2D eigenvalue weighted by Gasteiger charge is -2.23. The summed E-state index contributed by atoms with van der Waals surface area (Å²) in [6.07, 6.45) is 1.61. The maximum Gasteiger partial charge on any atom is 0.254 e. The van der Waals surface area contributed by atoms with Crippen LogP contribution in [0, 0.1) is 6.92 Å². The van der Waals surface area contributed by atoms with E-state index in [-0.39, 0.29) is 18.6 Å². The molecule has 0 saturated carbocycles. The summed E-state index contributed by atoms with van der Waals surface area (Å²) in [5, 5.41) is 8.95.